The number of halogens is 1. The lowest BCUT2D eigenvalue weighted by Gasteiger charge is -2.19. The van der Waals surface area contributed by atoms with Gasteiger partial charge in [-0.05, 0) is 53.5 Å². The largest absolute Gasteiger partial charge is 0.380 e. The van der Waals surface area contributed by atoms with Crippen molar-refractivity contribution in [3.63, 3.8) is 0 Å². The first-order chi connectivity index (χ1) is 8.66. The van der Waals surface area contributed by atoms with Crippen LogP contribution in [0.3, 0.4) is 0 Å². The number of hydrogen-bond acceptors (Lipinski definition) is 3. The second-order valence-electron chi connectivity index (χ2n) is 4.60. The molecule has 1 aromatic carbocycles. The van der Waals surface area contributed by atoms with Crippen molar-refractivity contribution in [3.05, 3.63) is 28.2 Å². The Bertz CT molecular complexity index is 428. The summed E-state index contributed by atoms with van der Waals surface area (Å²) in [6.45, 7) is 2.07. The molecule has 0 radical (unpaired) electrons. The van der Waals surface area contributed by atoms with Crippen molar-refractivity contribution in [1.82, 2.24) is 5.32 Å². The van der Waals surface area contributed by atoms with Crippen LogP contribution in [0.1, 0.15) is 29.6 Å². The Labute approximate surface area is 115 Å². The minimum absolute atomic E-state index is 0.404. The quantitative estimate of drug-likeness (QED) is 0.801. The molecule has 1 aliphatic rings. The molecule has 5 heteroatoms. The van der Waals surface area contributed by atoms with Crippen LogP contribution in [0.25, 0.3) is 0 Å². The Morgan fingerprint density at radius 1 is 1.44 bits per heavy atom. The van der Waals surface area contributed by atoms with E-state index in [1.165, 1.54) is 12.8 Å². The number of benzene rings is 1. The zero-order chi connectivity index (χ0) is 13.0. The number of primary amides is 1. The monoisotopic (exact) mass is 311 g/mol. The van der Waals surface area contributed by atoms with Gasteiger partial charge in [0.05, 0.1) is 0 Å². The van der Waals surface area contributed by atoms with Crippen LogP contribution < -0.4 is 16.4 Å². The maximum atomic E-state index is 11.1. The van der Waals surface area contributed by atoms with Gasteiger partial charge < -0.3 is 16.4 Å². The van der Waals surface area contributed by atoms with Crippen LogP contribution in [0.4, 0.5) is 5.69 Å². The third kappa shape index (κ3) is 3.46. The minimum Gasteiger partial charge on any atom is -0.380 e. The topological polar surface area (TPSA) is 67.2 Å². The molecule has 1 saturated heterocycles. The predicted octanol–water partition coefficient (Wildman–Crippen LogP) is 2.10. The summed E-state index contributed by atoms with van der Waals surface area (Å²) in [6.07, 6.45) is 3.64. The molecule has 0 aliphatic carbocycles. The fourth-order valence-electron chi connectivity index (χ4n) is 2.15. The smallest absolute Gasteiger partial charge is 0.248 e. The molecular weight excluding hydrogens is 294 g/mol. The van der Waals surface area contributed by atoms with Gasteiger partial charge in [-0.2, -0.15) is 0 Å². The molecule has 1 unspecified atom stereocenters. The number of nitrogens with one attached hydrogen (secondary N) is 2. The Balaban J connectivity index is 2.06. The first kappa shape index (κ1) is 13.4. The highest BCUT2D eigenvalue weighted by Crippen LogP contribution is 2.25. The first-order valence-electron chi connectivity index (χ1n) is 6.23. The van der Waals surface area contributed by atoms with E-state index < -0.39 is 5.91 Å². The zero-order valence-corrected chi connectivity index (χ0v) is 11.8. The third-order valence-electron chi connectivity index (χ3n) is 3.16. The molecule has 1 fully saturated rings. The zero-order valence-electron chi connectivity index (χ0n) is 10.2. The molecular formula is C13H18BrN3O. The van der Waals surface area contributed by atoms with Gasteiger partial charge in [0, 0.05) is 28.3 Å². The molecule has 0 aromatic heterocycles. The maximum absolute atomic E-state index is 11.1. The van der Waals surface area contributed by atoms with Crippen molar-refractivity contribution in [2.24, 2.45) is 5.73 Å². The van der Waals surface area contributed by atoms with E-state index in [4.69, 9.17) is 5.73 Å². The lowest BCUT2D eigenvalue weighted by Crippen LogP contribution is -2.31. The Kier molecular flexibility index (Phi) is 4.60. The van der Waals surface area contributed by atoms with Gasteiger partial charge in [0.2, 0.25) is 5.91 Å². The van der Waals surface area contributed by atoms with Gasteiger partial charge in [0.25, 0.3) is 0 Å². The number of amides is 1. The van der Waals surface area contributed by atoms with E-state index in [9.17, 15) is 4.79 Å². The molecule has 1 atom stereocenters. The van der Waals surface area contributed by atoms with Gasteiger partial charge >= 0.3 is 0 Å². The summed E-state index contributed by atoms with van der Waals surface area (Å²) in [7, 11) is 0. The summed E-state index contributed by atoms with van der Waals surface area (Å²) in [6, 6.07) is 5.84. The van der Waals surface area contributed by atoms with Crippen molar-refractivity contribution in [2.45, 2.75) is 25.3 Å². The van der Waals surface area contributed by atoms with E-state index in [1.807, 2.05) is 6.07 Å². The molecule has 1 amide bonds. The van der Waals surface area contributed by atoms with E-state index >= 15 is 0 Å². The molecule has 1 aromatic rings. The van der Waals surface area contributed by atoms with E-state index in [2.05, 4.69) is 26.6 Å². The van der Waals surface area contributed by atoms with Crippen molar-refractivity contribution >= 4 is 27.5 Å². The summed E-state index contributed by atoms with van der Waals surface area (Å²) in [5.41, 5.74) is 6.78. The number of carbonyl (C=O) groups is 1. The predicted molar refractivity (Wildman–Crippen MR) is 76.8 cm³/mol. The summed E-state index contributed by atoms with van der Waals surface area (Å²) in [5, 5.41) is 6.91. The lowest BCUT2D eigenvalue weighted by atomic mass is 10.1. The number of carbonyl (C=O) groups excluding carboxylic acids is 1. The fraction of sp³-hybridized carbons (Fsp3) is 0.462. The highest BCUT2D eigenvalue weighted by Gasteiger charge is 2.13. The molecule has 18 heavy (non-hydrogen) atoms. The number of hydrogen-bond donors (Lipinski definition) is 3. The molecule has 98 valence electrons. The van der Waals surface area contributed by atoms with Gasteiger partial charge in [-0.15, -0.1) is 0 Å². The summed E-state index contributed by atoms with van der Waals surface area (Å²) in [5.74, 6) is -0.404. The standard InChI is InChI=1S/C13H18BrN3O/c14-11-7-9(13(15)18)4-5-12(11)17-10-3-1-2-6-16-8-10/h4-5,7,10,16-17H,1-3,6,8H2,(H2,15,18). The minimum atomic E-state index is -0.404. The van der Waals surface area contributed by atoms with Gasteiger partial charge in [-0.1, -0.05) is 6.42 Å². The van der Waals surface area contributed by atoms with Gasteiger partial charge in [-0.3, -0.25) is 4.79 Å². The molecule has 4 N–H and O–H groups in total. The van der Waals surface area contributed by atoms with Crippen LogP contribution in [-0.4, -0.2) is 25.0 Å². The Hall–Kier alpha value is -1.07. The van der Waals surface area contributed by atoms with Crippen LogP contribution in [0.2, 0.25) is 0 Å². The molecule has 4 nitrogen and oxygen atoms in total. The van der Waals surface area contributed by atoms with E-state index in [-0.39, 0.29) is 0 Å². The molecule has 1 aliphatic heterocycles. The van der Waals surface area contributed by atoms with E-state index in [0.717, 1.165) is 29.7 Å². The summed E-state index contributed by atoms with van der Waals surface area (Å²) in [4.78, 5) is 11.1. The van der Waals surface area contributed by atoms with E-state index in [0.29, 0.717) is 11.6 Å². The highest BCUT2D eigenvalue weighted by atomic mass is 79.9. The SMILES string of the molecule is NC(=O)c1ccc(NC2CCCCNC2)c(Br)c1. The first-order valence-corrected chi connectivity index (χ1v) is 7.03. The van der Waals surface area contributed by atoms with Crippen molar-refractivity contribution in [2.75, 3.05) is 18.4 Å². The van der Waals surface area contributed by atoms with Gasteiger partial charge in [0.1, 0.15) is 0 Å². The molecule has 2 rings (SSSR count). The Morgan fingerprint density at radius 3 is 3.00 bits per heavy atom. The summed E-state index contributed by atoms with van der Waals surface area (Å²) >= 11 is 3.47. The van der Waals surface area contributed by atoms with Crippen LogP contribution in [0.15, 0.2) is 22.7 Å². The normalized spacial score (nSPS) is 20.2. The van der Waals surface area contributed by atoms with Crippen molar-refractivity contribution in [3.8, 4) is 0 Å². The second-order valence-corrected chi connectivity index (χ2v) is 5.45. The molecule has 0 bridgehead atoms. The second kappa shape index (κ2) is 6.20. The van der Waals surface area contributed by atoms with E-state index in [1.54, 1.807) is 12.1 Å². The average molecular weight is 312 g/mol. The maximum Gasteiger partial charge on any atom is 0.248 e. The number of rotatable bonds is 3. The Morgan fingerprint density at radius 2 is 2.28 bits per heavy atom. The molecule has 1 heterocycles. The van der Waals surface area contributed by atoms with Gasteiger partial charge in [0.15, 0.2) is 0 Å². The van der Waals surface area contributed by atoms with Crippen molar-refractivity contribution < 1.29 is 4.79 Å². The number of anilines is 1. The van der Waals surface area contributed by atoms with Gasteiger partial charge in [-0.25, -0.2) is 0 Å². The average Bonchev–Trinajstić information content (AvgIpc) is 2.60. The third-order valence-corrected chi connectivity index (χ3v) is 3.82. The van der Waals surface area contributed by atoms with Crippen LogP contribution in [-0.2, 0) is 0 Å². The number of nitrogens with two attached hydrogens (primary N) is 1. The summed E-state index contributed by atoms with van der Waals surface area (Å²) < 4.78 is 0.878. The van der Waals surface area contributed by atoms with Crippen LogP contribution >= 0.6 is 15.9 Å². The van der Waals surface area contributed by atoms with Crippen molar-refractivity contribution in [1.29, 1.82) is 0 Å². The highest BCUT2D eigenvalue weighted by molar-refractivity contribution is 9.10. The fourth-order valence-corrected chi connectivity index (χ4v) is 2.64. The molecule has 0 saturated carbocycles. The lowest BCUT2D eigenvalue weighted by molar-refractivity contribution is 0.100. The van der Waals surface area contributed by atoms with Crippen LogP contribution in [0.5, 0.6) is 0 Å². The van der Waals surface area contributed by atoms with Crippen LogP contribution in [0, 0.1) is 0 Å². The molecule has 0 spiro atoms.